The molecule has 0 spiro atoms. The maximum Gasteiger partial charge on any atom is 0.263 e. The number of carbonyl (C=O) groups is 1. The Balaban J connectivity index is 1.46. The molecule has 1 amide bonds. The van der Waals surface area contributed by atoms with Crippen LogP contribution in [0.4, 0.5) is 0 Å². The minimum Gasteiger partial charge on any atom is -0.344 e. The van der Waals surface area contributed by atoms with Crippen LogP contribution in [-0.4, -0.2) is 30.6 Å². The Kier molecular flexibility index (Phi) is 4.48. The minimum absolute atomic E-state index is 0.189. The highest BCUT2D eigenvalue weighted by atomic mass is 32.1. The Morgan fingerprint density at radius 1 is 1.08 bits per heavy atom. The Labute approximate surface area is 153 Å². The van der Waals surface area contributed by atoms with E-state index in [-0.39, 0.29) is 12.5 Å². The van der Waals surface area contributed by atoms with Crippen LogP contribution in [0.3, 0.4) is 0 Å². The van der Waals surface area contributed by atoms with Crippen LogP contribution in [0.25, 0.3) is 16.3 Å². The van der Waals surface area contributed by atoms with Crippen molar-refractivity contribution in [2.75, 3.05) is 0 Å². The first-order valence-corrected chi connectivity index (χ1v) is 8.71. The lowest BCUT2D eigenvalue weighted by Crippen LogP contribution is -2.24. The van der Waals surface area contributed by atoms with Crippen LogP contribution in [0.1, 0.15) is 15.5 Å². The summed E-state index contributed by atoms with van der Waals surface area (Å²) in [4.78, 5) is 25.5. The van der Waals surface area contributed by atoms with E-state index in [1.54, 1.807) is 23.3 Å². The van der Waals surface area contributed by atoms with E-state index in [4.69, 9.17) is 0 Å². The molecule has 4 rings (SSSR count). The van der Waals surface area contributed by atoms with Crippen molar-refractivity contribution in [1.82, 2.24) is 30.0 Å². The number of hydrogen-bond acceptors (Lipinski definition) is 6. The summed E-state index contributed by atoms with van der Waals surface area (Å²) in [5.74, 6) is 0.467. The van der Waals surface area contributed by atoms with Gasteiger partial charge in [0, 0.05) is 18.0 Å². The van der Waals surface area contributed by atoms with Gasteiger partial charge in [0.05, 0.1) is 18.4 Å². The molecule has 0 aliphatic carbocycles. The molecule has 1 N–H and O–H groups in total. The summed E-state index contributed by atoms with van der Waals surface area (Å²) in [5.41, 5.74) is 1.83. The molecule has 0 bridgehead atoms. The van der Waals surface area contributed by atoms with Gasteiger partial charge in [-0.3, -0.25) is 9.78 Å². The highest BCUT2D eigenvalue weighted by Crippen LogP contribution is 2.24. The van der Waals surface area contributed by atoms with Crippen molar-refractivity contribution in [3.63, 3.8) is 0 Å². The molecule has 0 saturated heterocycles. The first-order valence-electron chi connectivity index (χ1n) is 7.90. The molecule has 128 valence electrons. The Hall–Kier alpha value is -3.39. The highest BCUT2D eigenvalue weighted by Gasteiger charge is 2.13. The second-order valence-corrected chi connectivity index (χ2v) is 6.40. The van der Waals surface area contributed by atoms with E-state index in [2.05, 4.69) is 25.4 Å². The molecule has 0 aliphatic rings. The molecule has 0 aliphatic heterocycles. The fourth-order valence-corrected chi connectivity index (χ4v) is 3.26. The third-order valence-electron chi connectivity index (χ3n) is 3.68. The number of nitrogens with one attached hydrogen (secondary N) is 1. The third-order valence-corrected chi connectivity index (χ3v) is 4.73. The number of para-hydroxylation sites is 1. The van der Waals surface area contributed by atoms with Crippen molar-refractivity contribution >= 4 is 17.2 Å². The predicted molar refractivity (Wildman–Crippen MR) is 97.9 cm³/mol. The van der Waals surface area contributed by atoms with E-state index in [0.29, 0.717) is 10.7 Å². The molecule has 0 atom stereocenters. The van der Waals surface area contributed by atoms with Crippen LogP contribution < -0.4 is 5.32 Å². The molecule has 7 nitrogen and oxygen atoms in total. The normalized spacial score (nSPS) is 10.6. The number of hydrogen-bond donors (Lipinski definition) is 1. The van der Waals surface area contributed by atoms with Crippen LogP contribution in [0.15, 0.2) is 67.4 Å². The van der Waals surface area contributed by atoms with Crippen molar-refractivity contribution in [2.45, 2.75) is 6.54 Å². The molecule has 0 unspecified atom stereocenters. The van der Waals surface area contributed by atoms with Crippen molar-refractivity contribution in [1.29, 1.82) is 0 Å². The lowest BCUT2D eigenvalue weighted by Gasteiger charge is -2.06. The average molecular weight is 362 g/mol. The fourth-order valence-electron chi connectivity index (χ4n) is 2.42. The summed E-state index contributed by atoms with van der Waals surface area (Å²) in [6, 6.07) is 13.4. The predicted octanol–water partition coefficient (Wildman–Crippen LogP) is 2.72. The van der Waals surface area contributed by atoms with E-state index in [1.165, 1.54) is 17.7 Å². The number of pyridine rings is 1. The molecule has 4 aromatic rings. The summed E-state index contributed by atoms with van der Waals surface area (Å²) < 4.78 is 1.70. The largest absolute Gasteiger partial charge is 0.344 e. The van der Waals surface area contributed by atoms with Gasteiger partial charge in [-0.25, -0.2) is 14.6 Å². The number of nitrogens with zero attached hydrogens (tertiary/aromatic N) is 5. The number of aromatic nitrogens is 5. The maximum absolute atomic E-state index is 12.4. The van der Waals surface area contributed by atoms with Crippen molar-refractivity contribution in [2.24, 2.45) is 0 Å². The SMILES string of the molecule is O=C(NCc1ncnn1-c1ccccc1)c1cnc(-c2ccncc2)s1. The zero-order valence-corrected chi connectivity index (χ0v) is 14.4. The van der Waals surface area contributed by atoms with E-state index >= 15 is 0 Å². The molecule has 3 aromatic heterocycles. The zero-order chi connectivity index (χ0) is 17.8. The van der Waals surface area contributed by atoms with Crippen molar-refractivity contribution < 1.29 is 4.79 Å². The van der Waals surface area contributed by atoms with Crippen LogP contribution in [0, 0.1) is 0 Å². The lowest BCUT2D eigenvalue weighted by molar-refractivity contribution is 0.0953. The molecular weight excluding hydrogens is 348 g/mol. The third kappa shape index (κ3) is 3.35. The van der Waals surface area contributed by atoms with Crippen molar-refractivity contribution in [3.8, 4) is 16.3 Å². The number of rotatable bonds is 5. The molecule has 3 heterocycles. The molecule has 0 fully saturated rings. The second kappa shape index (κ2) is 7.24. The van der Waals surface area contributed by atoms with Gasteiger partial charge >= 0.3 is 0 Å². The second-order valence-electron chi connectivity index (χ2n) is 5.37. The summed E-state index contributed by atoms with van der Waals surface area (Å²) in [7, 11) is 0. The molecule has 26 heavy (non-hydrogen) atoms. The van der Waals surface area contributed by atoms with Gasteiger partial charge < -0.3 is 5.32 Å². The fraction of sp³-hybridized carbons (Fsp3) is 0.0556. The summed E-state index contributed by atoms with van der Waals surface area (Å²) >= 11 is 1.34. The van der Waals surface area contributed by atoms with Crippen molar-refractivity contribution in [3.05, 3.63) is 78.1 Å². The van der Waals surface area contributed by atoms with Crippen LogP contribution in [-0.2, 0) is 6.54 Å². The van der Waals surface area contributed by atoms with Crippen LogP contribution in [0.5, 0.6) is 0 Å². The molecule has 8 heteroatoms. The monoisotopic (exact) mass is 362 g/mol. The van der Waals surface area contributed by atoms with Crippen LogP contribution in [0.2, 0.25) is 0 Å². The summed E-state index contributed by atoms with van der Waals surface area (Å²) in [5, 5.41) is 7.87. The maximum atomic E-state index is 12.4. The highest BCUT2D eigenvalue weighted by molar-refractivity contribution is 7.16. The number of benzene rings is 1. The smallest absolute Gasteiger partial charge is 0.263 e. The van der Waals surface area contributed by atoms with Gasteiger partial charge in [-0.2, -0.15) is 5.10 Å². The number of thiazole rings is 1. The summed E-state index contributed by atoms with van der Waals surface area (Å²) in [6.07, 6.45) is 6.46. The Morgan fingerprint density at radius 2 is 1.88 bits per heavy atom. The minimum atomic E-state index is -0.189. The Bertz CT molecular complexity index is 1010. The van der Waals surface area contributed by atoms with Gasteiger partial charge in [-0.15, -0.1) is 11.3 Å². The number of carbonyl (C=O) groups excluding carboxylic acids is 1. The first-order chi connectivity index (χ1) is 12.8. The molecule has 0 saturated carbocycles. The van der Waals surface area contributed by atoms with Gasteiger partial charge in [0.15, 0.2) is 5.82 Å². The van der Waals surface area contributed by atoms with Gasteiger partial charge in [-0.1, -0.05) is 18.2 Å². The van der Waals surface area contributed by atoms with Gasteiger partial charge in [0.2, 0.25) is 0 Å². The zero-order valence-electron chi connectivity index (χ0n) is 13.6. The van der Waals surface area contributed by atoms with Crippen LogP contribution >= 0.6 is 11.3 Å². The quantitative estimate of drug-likeness (QED) is 0.590. The Morgan fingerprint density at radius 3 is 2.69 bits per heavy atom. The first kappa shape index (κ1) is 16.1. The lowest BCUT2D eigenvalue weighted by atomic mass is 10.3. The molecular formula is C18H14N6OS. The van der Waals surface area contributed by atoms with Gasteiger partial charge in [-0.05, 0) is 24.3 Å². The van der Waals surface area contributed by atoms with E-state index in [9.17, 15) is 4.79 Å². The van der Waals surface area contributed by atoms with Gasteiger partial charge in [0.25, 0.3) is 5.91 Å². The standard InChI is InChI=1S/C18H14N6OS/c25-17(15-10-21-18(26-15)13-6-8-19-9-7-13)20-11-16-22-12-23-24(16)14-4-2-1-3-5-14/h1-10,12H,11H2,(H,20,25). The van der Waals surface area contributed by atoms with Gasteiger partial charge in [0.1, 0.15) is 16.2 Å². The molecule has 1 aromatic carbocycles. The average Bonchev–Trinajstić information content (AvgIpc) is 3.37. The molecule has 0 radical (unpaired) electrons. The van der Waals surface area contributed by atoms with E-state index in [1.807, 2.05) is 42.5 Å². The van der Waals surface area contributed by atoms with E-state index < -0.39 is 0 Å². The summed E-state index contributed by atoms with van der Waals surface area (Å²) in [6.45, 7) is 0.274. The van der Waals surface area contributed by atoms with E-state index in [0.717, 1.165) is 16.3 Å². The number of amides is 1. The topological polar surface area (TPSA) is 85.6 Å².